The van der Waals surface area contributed by atoms with Gasteiger partial charge in [0, 0.05) is 29.7 Å². The van der Waals surface area contributed by atoms with Crippen molar-refractivity contribution in [2.45, 2.75) is 6.42 Å². The first kappa shape index (κ1) is 15.4. The number of halogens is 2. The molecule has 3 rings (SSSR count). The number of benzene rings is 2. The van der Waals surface area contributed by atoms with Crippen LogP contribution in [0.15, 0.2) is 42.6 Å². The number of nitrogens with one attached hydrogen (secondary N) is 2. The lowest BCUT2D eigenvalue weighted by molar-refractivity contribution is 0.0950. The summed E-state index contributed by atoms with van der Waals surface area (Å²) in [5, 5.41) is 13.2. The van der Waals surface area contributed by atoms with Crippen LogP contribution in [-0.2, 0) is 6.42 Å². The SMILES string of the molecule is O=C(NCCc1c[nH]c2cc(O)ccc12)c1c(F)cccc1Cl. The highest BCUT2D eigenvalue weighted by Gasteiger charge is 2.15. The second-order valence-electron chi connectivity index (χ2n) is 5.15. The molecule has 0 saturated carbocycles. The fourth-order valence-corrected chi connectivity index (χ4v) is 2.74. The van der Waals surface area contributed by atoms with E-state index < -0.39 is 11.7 Å². The van der Waals surface area contributed by atoms with Crippen LogP contribution in [0.5, 0.6) is 5.75 Å². The van der Waals surface area contributed by atoms with E-state index in [9.17, 15) is 14.3 Å². The molecule has 118 valence electrons. The summed E-state index contributed by atoms with van der Waals surface area (Å²) in [5.41, 5.74) is 1.68. The minimum atomic E-state index is -0.641. The lowest BCUT2D eigenvalue weighted by atomic mass is 10.1. The van der Waals surface area contributed by atoms with Crippen LogP contribution in [0.2, 0.25) is 5.02 Å². The quantitative estimate of drug-likeness (QED) is 0.683. The Balaban J connectivity index is 1.68. The molecule has 0 aliphatic heterocycles. The summed E-state index contributed by atoms with van der Waals surface area (Å²) in [5.74, 6) is -0.989. The molecule has 23 heavy (non-hydrogen) atoms. The first-order valence-electron chi connectivity index (χ1n) is 7.07. The third-order valence-electron chi connectivity index (χ3n) is 3.62. The number of carbonyl (C=O) groups is 1. The van der Waals surface area contributed by atoms with Gasteiger partial charge < -0.3 is 15.4 Å². The zero-order valence-electron chi connectivity index (χ0n) is 12.1. The number of rotatable bonds is 4. The van der Waals surface area contributed by atoms with Crippen molar-refractivity contribution in [2.75, 3.05) is 6.54 Å². The van der Waals surface area contributed by atoms with Gasteiger partial charge in [-0.15, -0.1) is 0 Å². The monoisotopic (exact) mass is 332 g/mol. The van der Waals surface area contributed by atoms with Crippen molar-refractivity contribution < 1.29 is 14.3 Å². The maximum atomic E-state index is 13.7. The molecular formula is C17H14ClFN2O2. The third kappa shape index (κ3) is 3.14. The maximum Gasteiger partial charge on any atom is 0.255 e. The number of aromatic hydroxyl groups is 1. The highest BCUT2D eigenvalue weighted by Crippen LogP contribution is 2.23. The van der Waals surface area contributed by atoms with Crippen LogP contribution in [0.25, 0.3) is 10.9 Å². The molecule has 0 fully saturated rings. The van der Waals surface area contributed by atoms with Crippen molar-refractivity contribution in [1.82, 2.24) is 10.3 Å². The standard InChI is InChI=1S/C17H14ClFN2O2/c18-13-2-1-3-14(19)16(13)17(23)20-7-6-10-9-21-15-8-11(22)4-5-12(10)15/h1-5,8-9,21-22H,6-7H2,(H,20,23). The van der Waals surface area contributed by atoms with Crippen LogP contribution in [0.3, 0.4) is 0 Å². The van der Waals surface area contributed by atoms with Crippen molar-refractivity contribution >= 4 is 28.4 Å². The summed E-state index contributed by atoms with van der Waals surface area (Å²) >= 11 is 5.87. The van der Waals surface area contributed by atoms with E-state index in [1.54, 1.807) is 12.1 Å². The predicted molar refractivity (Wildman–Crippen MR) is 87.4 cm³/mol. The Labute approximate surface area is 136 Å². The van der Waals surface area contributed by atoms with Gasteiger partial charge in [-0.05, 0) is 36.2 Å². The van der Waals surface area contributed by atoms with E-state index in [-0.39, 0.29) is 16.3 Å². The van der Waals surface area contributed by atoms with Crippen LogP contribution in [0.1, 0.15) is 15.9 Å². The van der Waals surface area contributed by atoms with Crippen LogP contribution in [0.4, 0.5) is 4.39 Å². The van der Waals surface area contributed by atoms with Gasteiger partial charge in [0.2, 0.25) is 0 Å². The summed E-state index contributed by atoms with van der Waals surface area (Å²) in [6.45, 7) is 0.345. The van der Waals surface area contributed by atoms with Crippen molar-refractivity contribution in [3.63, 3.8) is 0 Å². The number of phenols is 1. The number of aromatic nitrogens is 1. The fraction of sp³-hybridized carbons (Fsp3) is 0.118. The molecule has 0 unspecified atom stereocenters. The van der Waals surface area contributed by atoms with E-state index in [0.29, 0.717) is 13.0 Å². The minimum absolute atomic E-state index is 0.0880. The summed E-state index contributed by atoms with van der Waals surface area (Å²) in [6, 6.07) is 9.19. The number of carbonyl (C=O) groups excluding carboxylic acids is 1. The van der Waals surface area contributed by atoms with E-state index in [0.717, 1.165) is 16.5 Å². The van der Waals surface area contributed by atoms with E-state index in [2.05, 4.69) is 10.3 Å². The second-order valence-corrected chi connectivity index (χ2v) is 5.55. The second kappa shape index (κ2) is 6.30. The summed E-state index contributed by atoms with van der Waals surface area (Å²) < 4.78 is 13.7. The Bertz CT molecular complexity index is 856. The molecule has 0 bridgehead atoms. The van der Waals surface area contributed by atoms with E-state index >= 15 is 0 Å². The molecule has 0 aliphatic carbocycles. The maximum absolute atomic E-state index is 13.7. The van der Waals surface area contributed by atoms with Gasteiger partial charge in [-0.3, -0.25) is 4.79 Å². The van der Waals surface area contributed by atoms with Gasteiger partial charge in [0.15, 0.2) is 0 Å². The predicted octanol–water partition coefficient (Wildman–Crippen LogP) is 3.64. The topological polar surface area (TPSA) is 65.1 Å². The van der Waals surface area contributed by atoms with Gasteiger partial charge in [0.05, 0.1) is 10.6 Å². The molecule has 3 aromatic rings. The number of phenolic OH excluding ortho intramolecular Hbond substituents is 1. The van der Waals surface area contributed by atoms with Crippen LogP contribution in [0, 0.1) is 5.82 Å². The van der Waals surface area contributed by atoms with Crippen LogP contribution < -0.4 is 5.32 Å². The molecule has 0 atom stereocenters. The minimum Gasteiger partial charge on any atom is -0.508 e. The van der Waals surface area contributed by atoms with Gasteiger partial charge in [0.25, 0.3) is 5.91 Å². The third-order valence-corrected chi connectivity index (χ3v) is 3.94. The number of hydrogen-bond acceptors (Lipinski definition) is 2. The highest BCUT2D eigenvalue weighted by atomic mass is 35.5. The normalized spacial score (nSPS) is 10.9. The molecule has 0 spiro atoms. The smallest absolute Gasteiger partial charge is 0.255 e. The average molecular weight is 333 g/mol. The molecule has 0 aliphatic rings. The Morgan fingerprint density at radius 1 is 1.30 bits per heavy atom. The van der Waals surface area contributed by atoms with Gasteiger partial charge in [-0.1, -0.05) is 17.7 Å². The molecule has 6 heteroatoms. The van der Waals surface area contributed by atoms with Crippen LogP contribution in [-0.4, -0.2) is 22.5 Å². The summed E-state index contributed by atoms with van der Waals surface area (Å²) in [7, 11) is 0. The summed E-state index contributed by atoms with van der Waals surface area (Å²) in [4.78, 5) is 15.1. The highest BCUT2D eigenvalue weighted by molar-refractivity contribution is 6.33. The van der Waals surface area contributed by atoms with Gasteiger partial charge in [-0.25, -0.2) is 4.39 Å². The Kier molecular flexibility index (Phi) is 4.21. The molecule has 1 amide bonds. The van der Waals surface area contributed by atoms with Crippen molar-refractivity contribution in [3.8, 4) is 5.75 Å². The molecule has 0 radical (unpaired) electrons. The first-order valence-corrected chi connectivity index (χ1v) is 7.45. The molecule has 3 N–H and O–H groups in total. The fourth-order valence-electron chi connectivity index (χ4n) is 2.49. The molecule has 2 aromatic carbocycles. The number of hydrogen-bond donors (Lipinski definition) is 3. The molecule has 0 saturated heterocycles. The largest absolute Gasteiger partial charge is 0.508 e. The summed E-state index contributed by atoms with van der Waals surface area (Å²) in [6.07, 6.45) is 2.40. The molecule has 4 nitrogen and oxygen atoms in total. The lowest BCUT2D eigenvalue weighted by Gasteiger charge is -2.07. The molecule has 1 aromatic heterocycles. The average Bonchev–Trinajstić information content (AvgIpc) is 2.89. The van der Waals surface area contributed by atoms with Crippen molar-refractivity contribution in [2.24, 2.45) is 0 Å². The molecule has 1 heterocycles. The van der Waals surface area contributed by atoms with Crippen molar-refractivity contribution in [3.05, 3.63) is 64.6 Å². The molecular weight excluding hydrogens is 319 g/mol. The lowest BCUT2D eigenvalue weighted by Crippen LogP contribution is -2.26. The number of amides is 1. The number of aromatic amines is 1. The Morgan fingerprint density at radius 2 is 2.13 bits per heavy atom. The zero-order valence-corrected chi connectivity index (χ0v) is 12.8. The van der Waals surface area contributed by atoms with Gasteiger partial charge in [-0.2, -0.15) is 0 Å². The zero-order chi connectivity index (χ0) is 16.4. The number of fused-ring (bicyclic) bond motifs is 1. The van der Waals surface area contributed by atoms with E-state index in [1.165, 1.54) is 18.2 Å². The van der Waals surface area contributed by atoms with Gasteiger partial charge >= 0.3 is 0 Å². The number of H-pyrrole nitrogens is 1. The Hall–Kier alpha value is -2.53. The van der Waals surface area contributed by atoms with E-state index in [4.69, 9.17) is 11.6 Å². The van der Waals surface area contributed by atoms with Gasteiger partial charge in [0.1, 0.15) is 11.6 Å². The van der Waals surface area contributed by atoms with Crippen LogP contribution >= 0.6 is 11.6 Å². The first-order chi connectivity index (χ1) is 11.1. The Morgan fingerprint density at radius 3 is 2.91 bits per heavy atom. The van der Waals surface area contributed by atoms with Crippen molar-refractivity contribution in [1.29, 1.82) is 0 Å². The van der Waals surface area contributed by atoms with E-state index in [1.807, 2.05) is 12.3 Å².